The minimum atomic E-state index is -0.897. The number of methoxy groups -OCH3 is 2. The molecule has 0 amide bonds. The van der Waals surface area contributed by atoms with Crippen LogP contribution in [0.1, 0.15) is 52.4 Å². The number of hydrogen-bond acceptors (Lipinski definition) is 5. The number of rotatable bonds is 2. The lowest BCUT2D eigenvalue weighted by Crippen LogP contribution is -2.54. The summed E-state index contributed by atoms with van der Waals surface area (Å²) in [5.74, 6) is -0.329. The fourth-order valence-corrected chi connectivity index (χ4v) is 8.34. The Balaban J connectivity index is 1.93. The van der Waals surface area contributed by atoms with Gasteiger partial charge in [0.2, 0.25) is 0 Å². The second kappa shape index (κ2) is 5.82. The van der Waals surface area contributed by atoms with Gasteiger partial charge in [0, 0.05) is 0 Å². The Bertz CT molecular complexity index is 701. The quantitative estimate of drug-likeness (QED) is 0.592. The van der Waals surface area contributed by atoms with Gasteiger partial charge in [0.15, 0.2) is 0 Å². The molecule has 8 atom stereocenters. The van der Waals surface area contributed by atoms with Gasteiger partial charge in [-0.1, -0.05) is 19.1 Å². The van der Waals surface area contributed by atoms with Gasteiger partial charge in [-0.2, -0.15) is 0 Å². The van der Waals surface area contributed by atoms with Crippen LogP contribution in [0.4, 0.5) is 0 Å². The molecule has 4 aliphatic rings. The molecule has 0 saturated heterocycles. The summed E-state index contributed by atoms with van der Waals surface area (Å²) in [6.07, 6.45) is 4.30. The van der Waals surface area contributed by atoms with Crippen molar-refractivity contribution in [2.75, 3.05) is 14.2 Å². The topological polar surface area (TPSA) is 72.8 Å². The van der Waals surface area contributed by atoms with Gasteiger partial charge < -0.3 is 14.6 Å². The molecule has 4 fully saturated rings. The molecule has 0 radical (unpaired) electrons. The van der Waals surface area contributed by atoms with Gasteiger partial charge >= 0.3 is 11.9 Å². The summed E-state index contributed by atoms with van der Waals surface area (Å²) in [5, 5.41) is 10.8. The van der Waals surface area contributed by atoms with Gasteiger partial charge in [-0.25, -0.2) is 0 Å². The maximum absolute atomic E-state index is 13.2. The predicted octanol–water partition coefficient (Wildman–Crippen LogP) is 3.11. The third-order valence-electron chi connectivity index (χ3n) is 8.85. The SMILES string of the molecule is C=C1C[C@]23C[C@H]1CC[C@H]2[C@]1(C)C[C@H](O)C[C@](C)(C(=O)OC)[C@H]1[C@@H]3C(=O)OC. The second-order valence-corrected chi connectivity index (χ2v) is 10.1. The molecule has 5 nitrogen and oxygen atoms in total. The molecule has 27 heavy (non-hydrogen) atoms. The Labute approximate surface area is 161 Å². The van der Waals surface area contributed by atoms with Crippen molar-refractivity contribution in [3.05, 3.63) is 12.2 Å². The van der Waals surface area contributed by atoms with Crippen molar-refractivity contribution in [1.82, 2.24) is 0 Å². The number of ether oxygens (including phenoxy) is 2. The average Bonchev–Trinajstić information content (AvgIpc) is 2.99. The molecule has 4 aliphatic carbocycles. The van der Waals surface area contributed by atoms with Crippen LogP contribution in [0, 0.1) is 39.9 Å². The monoisotopic (exact) mass is 376 g/mol. The summed E-state index contributed by atoms with van der Waals surface area (Å²) < 4.78 is 10.5. The number of aliphatic hydroxyl groups excluding tert-OH is 1. The van der Waals surface area contributed by atoms with E-state index < -0.39 is 11.5 Å². The van der Waals surface area contributed by atoms with Crippen LogP contribution in [0.2, 0.25) is 0 Å². The zero-order valence-corrected chi connectivity index (χ0v) is 16.9. The number of aliphatic hydroxyl groups is 1. The Morgan fingerprint density at radius 1 is 1.11 bits per heavy atom. The van der Waals surface area contributed by atoms with Crippen molar-refractivity contribution < 1.29 is 24.2 Å². The predicted molar refractivity (Wildman–Crippen MR) is 99.5 cm³/mol. The molecular formula is C22H32O5. The molecule has 0 unspecified atom stereocenters. The summed E-state index contributed by atoms with van der Waals surface area (Å²) in [4.78, 5) is 26.1. The highest BCUT2D eigenvalue weighted by molar-refractivity contribution is 5.81. The smallest absolute Gasteiger partial charge is 0.311 e. The maximum Gasteiger partial charge on any atom is 0.311 e. The molecule has 0 heterocycles. The lowest BCUT2D eigenvalue weighted by molar-refractivity contribution is -0.176. The van der Waals surface area contributed by atoms with Crippen LogP contribution in [-0.4, -0.2) is 37.4 Å². The first kappa shape index (κ1) is 19.0. The maximum atomic E-state index is 13.2. The van der Waals surface area contributed by atoms with Crippen LogP contribution >= 0.6 is 0 Å². The van der Waals surface area contributed by atoms with Gasteiger partial charge in [-0.15, -0.1) is 0 Å². The first-order chi connectivity index (χ1) is 12.6. The molecule has 0 aromatic heterocycles. The van der Waals surface area contributed by atoms with Gasteiger partial charge in [0.05, 0.1) is 31.7 Å². The van der Waals surface area contributed by atoms with Crippen LogP contribution in [-0.2, 0) is 19.1 Å². The Morgan fingerprint density at radius 2 is 1.81 bits per heavy atom. The second-order valence-electron chi connectivity index (χ2n) is 10.1. The normalized spacial score (nSPS) is 50.7. The molecular weight excluding hydrogens is 344 g/mol. The minimum absolute atomic E-state index is 0.192. The summed E-state index contributed by atoms with van der Waals surface area (Å²) in [6, 6.07) is 0. The fraction of sp³-hybridized carbons (Fsp3) is 0.818. The molecule has 1 N–H and O–H groups in total. The standard InChI is InChI=1S/C22H32O5/c1-12-8-22-9-13(12)6-7-15(22)20(2)10-14(23)11-21(3,19(25)27-5)17(20)16(22)18(24)26-4/h13-17,23H,1,6-11H2,2-5H3/t13-,14+,15+,16-,17+,20+,21+,22+/m1/s1. The van der Waals surface area contributed by atoms with Crippen molar-refractivity contribution >= 4 is 11.9 Å². The summed E-state index contributed by atoms with van der Waals surface area (Å²) in [7, 11) is 2.84. The van der Waals surface area contributed by atoms with E-state index in [9.17, 15) is 14.7 Å². The van der Waals surface area contributed by atoms with Crippen molar-refractivity contribution in [3.8, 4) is 0 Å². The van der Waals surface area contributed by atoms with E-state index >= 15 is 0 Å². The zero-order valence-electron chi connectivity index (χ0n) is 16.9. The summed E-state index contributed by atoms with van der Waals surface area (Å²) in [6.45, 7) is 8.40. The molecule has 5 heteroatoms. The highest BCUT2D eigenvalue weighted by Crippen LogP contribution is 2.77. The van der Waals surface area contributed by atoms with Gasteiger partial charge in [0.1, 0.15) is 0 Å². The van der Waals surface area contributed by atoms with Gasteiger partial charge in [-0.3, -0.25) is 9.59 Å². The van der Waals surface area contributed by atoms with Crippen molar-refractivity contribution in [3.63, 3.8) is 0 Å². The van der Waals surface area contributed by atoms with E-state index in [0.29, 0.717) is 18.8 Å². The molecule has 1 spiro atoms. The van der Waals surface area contributed by atoms with E-state index in [0.717, 1.165) is 25.7 Å². The van der Waals surface area contributed by atoms with Crippen molar-refractivity contribution in [2.24, 2.45) is 39.9 Å². The molecule has 2 bridgehead atoms. The first-order valence-electron chi connectivity index (χ1n) is 10.2. The highest BCUT2D eigenvalue weighted by Gasteiger charge is 2.76. The lowest BCUT2D eigenvalue weighted by Gasteiger charge is -2.52. The highest BCUT2D eigenvalue weighted by atomic mass is 16.5. The van der Waals surface area contributed by atoms with E-state index in [2.05, 4.69) is 13.5 Å². The number of hydrogen-bond donors (Lipinski definition) is 1. The van der Waals surface area contributed by atoms with E-state index in [4.69, 9.17) is 9.47 Å². The molecule has 4 rings (SSSR count). The minimum Gasteiger partial charge on any atom is -0.469 e. The Kier molecular flexibility index (Phi) is 4.09. The number of allylic oxidation sites excluding steroid dienone is 1. The van der Waals surface area contributed by atoms with Crippen molar-refractivity contribution in [1.29, 1.82) is 0 Å². The van der Waals surface area contributed by atoms with Crippen LogP contribution in [0.5, 0.6) is 0 Å². The number of esters is 2. The third kappa shape index (κ3) is 2.21. The van der Waals surface area contributed by atoms with E-state index in [-0.39, 0.29) is 40.5 Å². The van der Waals surface area contributed by atoms with E-state index in [1.165, 1.54) is 19.8 Å². The van der Waals surface area contributed by atoms with Crippen LogP contribution < -0.4 is 0 Å². The van der Waals surface area contributed by atoms with Crippen molar-refractivity contribution in [2.45, 2.75) is 58.5 Å². The van der Waals surface area contributed by atoms with E-state index in [1.54, 1.807) is 0 Å². The summed E-state index contributed by atoms with van der Waals surface area (Å²) in [5.41, 5.74) is -0.152. The zero-order chi connectivity index (χ0) is 19.8. The molecule has 150 valence electrons. The van der Waals surface area contributed by atoms with Crippen LogP contribution in [0.25, 0.3) is 0 Å². The Hall–Kier alpha value is -1.36. The fourth-order valence-electron chi connectivity index (χ4n) is 8.34. The number of carbonyl (C=O) groups excluding carboxylic acids is 2. The van der Waals surface area contributed by atoms with Gasteiger partial charge in [-0.05, 0) is 74.0 Å². The average molecular weight is 376 g/mol. The van der Waals surface area contributed by atoms with E-state index in [1.807, 2.05) is 6.92 Å². The number of fused-ring (bicyclic) bond motifs is 3. The number of carbonyl (C=O) groups is 2. The Morgan fingerprint density at radius 3 is 2.44 bits per heavy atom. The molecule has 0 aromatic rings. The van der Waals surface area contributed by atoms with Gasteiger partial charge in [0.25, 0.3) is 0 Å². The van der Waals surface area contributed by atoms with Crippen LogP contribution in [0.3, 0.4) is 0 Å². The van der Waals surface area contributed by atoms with Crippen LogP contribution in [0.15, 0.2) is 12.2 Å². The third-order valence-corrected chi connectivity index (χ3v) is 8.85. The summed E-state index contributed by atoms with van der Waals surface area (Å²) >= 11 is 0. The molecule has 4 saturated carbocycles. The molecule has 0 aromatic carbocycles. The molecule has 0 aliphatic heterocycles. The first-order valence-corrected chi connectivity index (χ1v) is 10.2. The largest absolute Gasteiger partial charge is 0.469 e. The lowest BCUT2D eigenvalue weighted by atomic mass is 9.52.